The van der Waals surface area contributed by atoms with Crippen molar-refractivity contribution in [3.05, 3.63) is 76.4 Å². The predicted octanol–water partition coefficient (Wildman–Crippen LogP) is 3.48. The van der Waals surface area contributed by atoms with Gasteiger partial charge in [0.15, 0.2) is 5.82 Å². The lowest BCUT2D eigenvalue weighted by atomic mass is 10.1. The Hall–Kier alpha value is -3.19. The van der Waals surface area contributed by atoms with E-state index in [9.17, 15) is 9.59 Å². The average molecular weight is 411 g/mol. The molecule has 1 saturated heterocycles. The molecule has 1 aromatic heterocycles. The Morgan fingerprint density at radius 1 is 1.28 bits per heavy atom. The monoisotopic (exact) mass is 410 g/mol. The number of carbonyl (C=O) groups is 2. The van der Waals surface area contributed by atoms with Crippen LogP contribution in [0.3, 0.4) is 0 Å². The van der Waals surface area contributed by atoms with Gasteiger partial charge in [0.1, 0.15) is 0 Å². The first-order valence-corrected chi connectivity index (χ1v) is 9.61. The SMILES string of the molecule is Cc1cc(N2CC(c3noc(CNC(=O)c4ccccc4)n3)CC2=O)ccc1Cl. The minimum Gasteiger partial charge on any atom is -0.343 e. The highest BCUT2D eigenvalue weighted by Gasteiger charge is 2.34. The zero-order chi connectivity index (χ0) is 20.4. The summed E-state index contributed by atoms with van der Waals surface area (Å²) in [6, 6.07) is 14.4. The van der Waals surface area contributed by atoms with Crippen molar-refractivity contribution in [3.8, 4) is 0 Å². The topological polar surface area (TPSA) is 88.3 Å². The lowest BCUT2D eigenvalue weighted by Gasteiger charge is -2.17. The molecule has 2 aromatic carbocycles. The van der Waals surface area contributed by atoms with Gasteiger partial charge in [-0.25, -0.2) is 0 Å². The van der Waals surface area contributed by atoms with Crippen LogP contribution in [0.5, 0.6) is 0 Å². The number of amides is 2. The lowest BCUT2D eigenvalue weighted by molar-refractivity contribution is -0.117. The van der Waals surface area contributed by atoms with Crippen LogP contribution in [0.25, 0.3) is 0 Å². The summed E-state index contributed by atoms with van der Waals surface area (Å²) >= 11 is 6.08. The molecule has 148 valence electrons. The Kier molecular flexibility index (Phi) is 5.31. The molecule has 0 spiro atoms. The lowest BCUT2D eigenvalue weighted by Crippen LogP contribution is -2.24. The molecule has 8 heteroatoms. The summed E-state index contributed by atoms with van der Waals surface area (Å²) in [4.78, 5) is 30.7. The number of nitrogens with zero attached hydrogens (tertiary/aromatic N) is 3. The van der Waals surface area contributed by atoms with Gasteiger partial charge in [-0.1, -0.05) is 35.0 Å². The van der Waals surface area contributed by atoms with E-state index < -0.39 is 0 Å². The van der Waals surface area contributed by atoms with Crippen molar-refractivity contribution in [2.24, 2.45) is 0 Å². The summed E-state index contributed by atoms with van der Waals surface area (Å²) in [5.41, 5.74) is 2.28. The molecule has 0 radical (unpaired) electrons. The van der Waals surface area contributed by atoms with Crippen LogP contribution in [0.1, 0.15) is 40.0 Å². The fourth-order valence-corrected chi connectivity index (χ4v) is 3.40. The Balaban J connectivity index is 1.40. The Labute approximate surface area is 172 Å². The van der Waals surface area contributed by atoms with E-state index >= 15 is 0 Å². The normalized spacial score (nSPS) is 16.3. The van der Waals surface area contributed by atoms with Gasteiger partial charge >= 0.3 is 0 Å². The number of halogens is 1. The van der Waals surface area contributed by atoms with E-state index in [1.54, 1.807) is 35.2 Å². The summed E-state index contributed by atoms with van der Waals surface area (Å²) in [6.45, 7) is 2.50. The van der Waals surface area contributed by atoms with Crippen molar-refractivity contribution in [3.63, 3.8) is 0 Å². The van der Waals surface area contributed by atoms with Crippen LogP contribution in [-0.4, -0.2) is 28.5 Å². The second-order valence-electron chi connectivity index (χ2n) is 6.93. The second kappa shape index (κ2) is 8.05. The van der Waals surface area contributed by atoms with Crippen LogP contribution < -0.4 is 10.2 Å². The molecule has 1 fully saturated rings. The third-order valence-electron chi connectivity index (χ3n) is 4.86. The molecule has 1 unspecified atom stereocenters. The standard InChI is InChI=1S/C21H19ClN4O3/c1-13-9-16(7-8-17(13)22)26-12-15(10-19(26)27)20-24-18(29-25-20)11-23-21(28)14-5-3-2-4-6-14/h2-9,15H,10-12H2,1H3,(H,23,28). The molecular formula is C21H19ClN4O3. The first kappa shape index (κ1) is 19.1. The maximum Gasteiger partial charge on any atom is 0.251 e. The summed E-state index contributed by atoms with van der Waals surface area (Å²) in [5.74, 6) is 0.389. The van der Waals surface area contributed by atoms with E-state index in [0.29, 0.717) is 35.3 Å². The van der Waals surface area contributed by atoms with E-state index in [0.717, 1.165) is 11.3 Å². The molecule has 1 aliphatic rings. The third kappa shape index (κ3) is 4.14. The Morgan fingerprint density at radius 3 is 2.83 bits per heavy atom. The zero-order valence-electron chi connectivity index (χ0n) is 15.8. The fourth-order valence-electron chi connectivity index (χ4n) is 3.28. The predicted molar refractivity (Wildman–Crippen MR) is 108 cm³/mol. The molecule has 7 nitrogen and oxygen atoms in total. The number of benzene rings is 2. The van der Waals surface area contributed by atoms with Crippen LogP contribution in [0.15, 0.2) is 53.1 Å². The van der Waals surface area contributed by atoms with Gasteiger partial charge in [-0.2, -0.15) is 4.98 Å². The van der Waals surface area contributed by atoms with E-state index in [-0.39, 0.29) is 24.3 Å². The van der Waals surface area contributed by atoms with Crippen molar-refractivity contribution >= 4 is 29.1 Å². The van der Waals surface area contributed by atoms with Crippen LogP contribution >= 0.6 is 11.6 Å². The van der Waals surface area contributed by atoms with Gasteiger partial charge in [0.25, 0.3) is 5.91 Å². The van der Waals surface area contributed by atoms with Crippen molar-refractivity contribution in [1.29, 1.82) is 0 Å². The van der Waals surface area contributed by atoms with E-state index in [1.165, 1.54) is 0 Å². The molecule has 2 amide bonds. The summed E-state index contributed by atoms with van der Waals surface area (Å²) in [7, 11) is 0. The Bertz CT molecular complexity index is 1050. The first-order valence-electron chi connectivity index (χ1n) is 9.23. The van der Waals surface area contributed by atoms with Crippen molar-refractivity contribution in [2.75, 3.05) is 11.4 Å². The maximum absolute atomic E-state index is 12.5. The molecule has 3 aromatic rings. The minimum absolute atomic E-state index is 0.000419. The number of aryl methyl sites for hydroxylation is 1. The second-order valence-corrected chi connectivity index (χ2v) is 7.34. The summed E-state index contributed by atoms with van der Waals surface area (Å²) in [6.07, 6.45) is 0.303. The molecule has 1 N–H and O–H groups in total. The average Bonchev–Trinajstić information content (AvgIpc) is 3.35. The van der Waals surface area contributed by atoms with Gasteiger partial charge in [-0.05, 0) is 42.8 Å². The maximum atomic E-state index is 12.5. The van der Waals surface area contributed by atoms with E-state index in [2.05, 4.69) is 15.5 Å². The highest BCUT2D eigenvalue weighted by Crippen LogP contribution is 2.32. The van der Waals surface area contributed by atoms with Crippen molar-refractivity contribution < 1.29 is 14.1 Å². The quantitative estimate of drug-likeness (QED) is 0.695. The number of aromatic nitrogens is 2. The molecule has 1 aliphatic heterocycles. The van der Waals surface area contributed by atoms with Gasteiger partial charge in [0.05, 0.1) is 6.54 Å². The smallest absolute Gasteiger partial charge is 0.251 e. The zero-order valence-corrected chi connectivity index (χ0v) is 16.5. The first-order chi connectivity index (χ1) is 14.0. The molecule has 0 bridgehead atoms. The van der Waals surface area contributed by atoms with Crippen molar-refractivity contribution in [1.82, 2.24) is 15.5 Å². The largest absolute Gasteiger partial charge is 0.343 e. The van der Waals surface area contributed by atoms with Gasteiger partial charge in [-0.3, -0.25) is 9.59 Å². The molecule has 29 heavy (non-hydrogen) atoms. The van der Waals surface area contributed by atoms with Crippen molar-refractivity contribution in [2.45, 2.75) is 25.8 Å². The number of rotatable bonds is 5. The van der Waals surface area contributed by atoms with Crippen LogP contribution in [0.4, 0.5) is 5.69 Å². The van der Waals surface area contributed by atoms with Gasteiger partial charge in [0, 0.05) is 35.2 Å². The fraction of sp³-hybridized carbons (Fsp3) is 0.238. The molecular weight excluding hydrogens is 392 g/mol. The van der Waals surface area contributed by atoms with Gasteiger partial charge in [-0.15, -0.1) is 0 Å². The number of anilines is 1. The Morgan fingerprint density at radius 2 is 2.07 bits per heavy atom. The van der Waals surface area contributed by atoms with Gasteiger partial charge < -0.3 is 14.7 Å². The number of carbonyl (C=O) groups excluding carboxylic acids is 2. The molecule has 2 heterocycles. The summed E-state index contributed by atoms with van der Waals surface area (Å²) in [5, 5.41) is 7.42. The molecule has 1 atom stereocenters. The molecule has 0 aliphatic carbocycles. The summed E-state index contributed by atoms with van der Waals surface area (Å²) < 4.78 is 5.25. The van der Waals surface area contributed by atoms with E-state index in [4.69, 9.17) is 16.1 Å². The van der Waals surface area contributed by atoms with Crippen LogP contribution in [-0.2, 0) is 11.3 Å². The molecule has 4 rings (SSSR count). The van der Waals surface area contributed by atoms with Crippen LogP contribution in [0.2, 0.25) is 5.02 Å². The van der Waals surface area contributed by atoms with E-state index in [1.807, 2.05) is 25.1 Å². The number of hydrogen-bond donors (Lipinski definition) is 1. The third-order valence-corrected chi connectivity index (χ3v) is 5.29. The number of nitrogens with one attached hydrogen (secondary N) is 1. The van der Waals surface area contributed by atoms with Crippen LogP contribution in [0, 0.1) is 6.92 Å². The highest BCUT2D eigenvalue weighted by molar-refractivity contribution is 6.31. The minimum atomic E-state index is -0.217. The number of hydrogen-bond acceptors (Lipinski definition) is 5. The molecule has 0 saturated carbocycles. The van der Waals surface area contributed by atoms with Gasteiger partial charge in [0.2, 0.25) is 11.8 Å². The highest BCUT2D eigenvalue weighted by atomic mass is 35.5.